The van der Waals surface area contributed by atoms with E-state index in [2.05, 4.69) is 15.5 Å². The minimum absolute atomic E-state index is 0.375. The molecule has 1 aromatic rings. The Morgan fingerprint density at radius 1 is 1.26 bits per heavy atom. The third-order valence-corrected chi connectivity index (χ3v) is 5.28. The molecule has 2 fully saturated rings. The van der Waals surface area contributed by atoms with E-state index in [1.807, 2.05) is 31.2 Å². The number of carbonyl (C=O) groups is 3. The van der Waals surface area contributed by atoms with Crippen molar-refractivity contribution in [3.05, 3.63) is 24.3 Å². The van der Waals surface area contributed by atoms with Crippen molar-refractivity contribution >= 4 is 29.2 Å². The van der Waals surface area contributed by atoms with E-state index in [0.717, 1.165) is 23.7 Å². The van der Waals surface area contributed by atoms with Crippen LogP contribution < -0.4 is 15.5 Å². The number of rotatable bonds is 5. The van der Waals surface area contributed by atoms with Crippen LogP contribution in [0, 0.1) is 0 Å². The van der Waals surface area contributed by atoms with E-state index in [1.54, 1.807) is 13.8 Å². The number of anilines is 2. The van der Waals surface area contributed by atoms with Gasteiger partial charge in [-0.25, -0.2) is 9.69 Å². The number of carbonyl (C=O) groups excluding carboxylic acids is 3. The van der Waals surface area contributed by atoms with Crippen molar-refractivity contribution in [3.8, 4) is 0 Å². The molecule has 2 aliphatic rings. The van der Waals surface area contributed by atoms with Gasteiger partial charge in [0.2, 0.25) is 5.91 Å². The first-order chi connectivity index (χ1) is 12.9. The van der Waals surface area contributed by atoms with Gasteiger partial charge in [-0.05, 0) is 44.5 Å². The van der Waals surface area contributed by atoms with E-state index in [-0.39, 0.29) is 5.91 Å². The van der Waals surface area contributed by atoms with Crippen molar-refractivity contribution in [2.24, 2.45) is 0 Å². The van der Waals surface area contributed by atoms with Crippen molar-refractivity contribution in [1.29, 1.82) is 0 Å². The first-order valence-electron chi connectivity index (χ1n) is 9.25. The highest BCUT2D eigenvalue weighted by atomic mass is 16.5. The number of urea groups is 1. The fraction of sp³-hybridized carbons (Fsp3) is 0.526. The Kier molecular flexibility index (Phi) is 5.36. The number of amides is 4. The molecule has 8 heteroatoms. The van der Waals surface area contributed by atoms with Crippen LogP contribution in [0.1, 0.15) is 27.2 Å². The van der Waals surface area contributed by atoms with Crippen LogP contribution in [-0.2, 0) is 14.3 Å². The largest absolute Gasteiger partial charge is 0.378 e. The van der Waals surface area contributed by atoms with Crippen molar-refractivity contribution in [2.75, 3.05) is 36.5 Å². The van der Waals surface area contributed by atoms with Gasteiger partial charge >= 0.3 is 6.03 Å². The zero-order valence-electron chi connectivity index (χ0n) is 15.9. The summed E-state index contributed by atoms with van der Waals surface area (Å²) < 4.78 is 5.35. The molecule has 1 aromatic carbocycles. The predicted octanol–water partition coefficient (Wildman–Crippen LogP) is 1.57. The molecule has 2 atom stereocenters. The molecule has 2 saturated heterocycles. The molecular formula is C19H26N4O4. The number of nitrogens with zero attached hydrogens (tertiary/aromatic N) is 2. The smallest absolute Gasteiger partial charge is 0.325 e. The highest BCUT2D eigenvalue weighted by Crippen LogP contribution is 2.24. The molecule has 2 heterocycles. The second-order valence-electron chi connectivity index (χ2n) is 7.10. The predicted molar refractivity (Wildman–Crippen MR) is 102 cm³/mol. The Bertz CT molecular complexity index is 730. The lowest BCUT2D eigenvalue weighted by Crippen LogP contribution is -2.47. The van der Waals surface area contributed by atoms with Gasteiger partial charge in [0.1, 0.15) is 11.6 Å². The van der Waals surface area contributed by atoms with Crippen molar-refractivity contribution in [1.82, 2.24) is 10.2 Å². The fourth-order valence-electron chi connectivity index (χ4n) is 3.24. The van der Waals surface area contributed by atoms with Crippen LogP contribution in [0.2, 0.25) is 0 Å². The summed E-state index contributed by atoms with van der Waals surface area (Å²) >= 11 is 0. The quantitative estimate of drug-likeness (QED) is 0.764. The summed E-state index contributed by atoms with van der Waals surface area (Å²) in [7, 11) is 0. The molecule has 0 aliphatic carbocycles. The van der Waals surface area contributed by atoms with Crippen LogP contribution in [0.5, 0.6) is 0 Å². The SMILES string of the molecule is CC[C@]1(C)NC(=O)N([C@H](C)C(=O)Nc2ccc(N3CCOCC3)cc2)C1=O. The molecule has 8 nitrogen and oxygen atoms in total. The highest BCUT2D eigenvalue weighted by Gasteiger charge is 2.49. The lowest BCUT2D eigenvalue weighted by Gasteiger charge is -2.29. The summed E-state index contributed by atoms with van der Waals surface area (Å²) in [5, 5.41) is 5.44. The summed E-state index contributed by atoms with van der Waals surface area (Å²) in [6.07, 6.45) is 0.464. The fourth-order valence-corrected chi connectivity index (χ4v) is 3.24. The number of morpholine rings is 1. The number of nitrogens with one attached hydrogen (secondary N) is 2. The molecular weight excluding hydrogens is 348 g/mol. The van der Waals surface area contributed by atoms with Crippen LogP contribution in [0.25, 0.3) is 0 Å². The van der Waals surface area contributed by atoms with Gasteiger partial charge in [-0.2, -0.15) is 0 Å². The molecule has 27 heavy (non-hydrogen) atoms. The molecule has 0 radical (unpaired) electrons. The molecule has 0 unspecified atom stereocenters. The molecule has 0 spiro atoms. The van der Waals surface area contributed by atoms with E-state index in [9.17, 15) is 14.4 Å². The molecule has 3 rings (SSSR count). The molecule has 146 valence electrons. The van der Waals surface area contributed by atoms with Gasteiger partial charge in [-0.1, -0.05) is 6.92 Å². The second-order valence-corrected chi connectivity index (χ2v) is 7.10. The lowest BCUT2D eigenvalue weighted by molar-refractivity contribution is -0.136. The standard InChI is InChI=1S/C19H26N4O4/c1-4-19(3)17(25)23(18(26)21-19)13(2)16(24)20-14-5-7-15(8-6-14)22-9-11-27-12-10-22/h5-8,13H,4,9-12H2,1-3H3,(H,20,24)(H,21,26)/t13-,19+/m1/s1. The third kappa shape index (κ3) is 3.75. The van der Waals surface area contributed by atoms with Crippen molar-refractivity contribution in [2.45, 2.75) is 38.8 Å². The van der Waals surface area contributed by atoms with E-state index < -0.39 is 23.5 Å². The van der Waals surface area contributed by atoms with Crippen LogP contribution in [0.15, 0.2) is 24.3 Å². The monoisotopic (exact) mass is 374 g/mol. The Hall–Kier alpha value is -2.61. The maximum absolute atomic E-state index is 12.6. The summed E-state index contributed by atoms with van der Waals surface area (Å²) in [5.41, 5.74) is 0.733. The molecule has 4 amide bonds. The van der Waals surface area contributed by atoms with E-state index >= 15 is 0 Å². The van der Waals surface area contributed by atoms with Gasteiger partial charge in [0.25, 0.3) is 5.91 Å². The first kappa shape index (κ1) is 19.2. The molecule has 2 aliphatic heterocycles. The van der Waals surface area contributed by atoms with Crippen LogP contribution in [0.3, 0.4) is 0 Å². The summed E-state index contributed by atoms with van der Waals surface area (Å²) in [6.45, 7) is 8.13. The Labute approximate surface area is 158 Å². The Balaban J connectivity index is 1.64. The Morgan fingerprint density at radius 2 is 1.89 bits per heavy atom. The minimum Gasteiger partial charge on any atom is -0.378 e. The topological polar surface area (TPSA) is 91.0 Å². The minimum atomic E-state index is -0.953. The highest BCUT2D eigenvalue weighted by molar-refractivity contribution is 6.10. The van der Waals surface area contributed by atoms with Gasteiger partial charge in [0.05, 0.1) is 13.2 Å². The maximum atomic E-state index is 12.6. The van der Waals surface area contributed by atoms with Gasteiger partial charge in [0, 0.05) is 24.5 Å². The molecule has 0 aromatic heterocycles. The van der Waals surface area contributed by atoms with E-state index in [1.165, 1.54) is 0 Å². The Morgan fingerprint density at radius 3 is 2.44 bits per heavy atom. The zero-order valence-corrected chi connectivity index (χ0v) is 15.9. The second kappa shape index (κ2) is 7.56. The number of hydrogen-bond acceptors (Lipinski definition) is 5. The zero-order chi connectivity index (χ0) is 19.6. The first-order valence-corrected chi connectivity index (χ1v) is 9.25. The van der Waals surface area contributed by atoms with Gasteiger partial charge in [-0.15, -0.1) is 0 Å². The summed E-state index contributed by atoms with van der Waals surface area (Å²) in [4.78, 5) is 40.5. The summed E-state index contributed by atoms with van der Waals surface area (Å²) in [6, 6.07) is 6.08. The van der Waals surface area contributed by atoms with E-state index in [4.69, 9.17) is 4.74 Å². The van der Waals surface area contributed by atoms with Crippen LogP contribution >= 0.6 is 0 Å². The van der Waals surface area contributed by atoms with Crippen LogP contribution in [0.4, 0.5) is 16.2 Å². The number of ether oxygens (including phenoxy) is 1. The van der Waals surface area contributed by atoms with Gasteiger partial charge in [-0.3, -0.25) is 9.59 Å². The lowest BCUT2D eigenvalue weighted by atomic mass is 9.99. The number of hydrogen-bond donors (Lipinski definition) is 2. The van der Waals surface area contributed by atoms with Crippen LogP contribution in [-0.4, -0.2) is 60.6 Å². The average Bonchev–Trinajstić information content (AvgIpc) is 2.91. The van der Waals surface area contributed by atoms with Gasteiger partial charge in [0.15, 0.2) is 0 Å². The van der Waals surface area contributed by atoms with Crippen molar-refractivity contribution < 1.29 is 19.1 Å². The van der Waals surface area contributed by atoms with E-state index in [0.29, 0.717) is 25.3 Å². The molecule has 0 bridgehead atoms. The third-order valence-electron chi connectivity index (χ3n) is 5.28. The average molecular weight is 374 g/mol. The van der Waals surface area contributed by atoms with Gasteiger partial charge < -0.3 is 20.3 Å². The number of imide groups is 1. The molecule has 0 saturated carbocycles. The maximum Gasteiger partial charge on any atom is 0.325 e. The van der Waals surface area contributed by atoms with Crippen molar-refractivity contribution in [3.63, 3.8) is 0 Å². The summed E-state index contributed by atoms with van der Waals surface area (Å²) in [5.74, 6) is -0.779. The molecule has 2 N–H and O–H groups in total. The normalized spacial score (nSPS) is 24.0. The number of benzene rings is 1.